The van der Waals surface area contributed by atoms with E-state index in [0.717, 1.165) is 29.7 Å². The minimum Gasteiger partial charge on any atom is -0.493 e. The monoisotopic (exact) mass is 613 g/mol. The molecule has 0 spiro atoms. The largest absolute Gasteiger partial charge is 0.493 e. The van der Waals surface area contributed by atoms with Gasteiger partial charge in [-0.2, -0.15) is 0 Å². The lowest BCUT2D eigenvalue weighted by Gasteiger charge is -2.25. The molecule has 5 rings (SSSR count). The molecule has 1 aromatic heterocycles. The van der Waals surface area contributed by atoms with Crippen LogP contribution in [0, 0.1) is 10.1 Å². The van der Waals surface area contributed by atoms with Gasteiger partial charge < -0.3 is 14.2 Å². The number of carbonyl (C=O) groups excluding carboxylic acids is 1. The van der Waals surface area contributed by atoms with E-state index in [1.54, 1.807) is 43.3 Å². The Hall–Kier alpha value is -5.03. The number of nitrogens with zero attached hydrogens (tertiary/aromatic N) is 3. The number of allylic oxidation sites excluding steroid dienone is 1. The second-order valence-electron chi connectivity index (χ2n) is 10.1. The molecule has 2 heterocycles. The van der Waals surface area contributed by atoms with Crippen molar-refractivity contribution in [3.05, 3.63) is 131 Å². The number of hydrogen-bond donors (Lipinski definition) is 0. The maximum atomic E-state index is 14.0. The summed E-state index contributed by atoms with van der Waals surface area (Å²) in [5.41, 5.74) is 2.07. The van der Waals surface area contributed by atoms with Crippen LogP contribution in [0.5, 0.6) is 11.5 Å². The molecule has 0 fully saturated rings. The highest BCUT2D eigenvalue weighted by atomic mass is 32.1. The fourth-order valence-corrected chi connectivity index (χ4v) is 5.93. The Balaban J connectivity index is 1.62. The summed E-state index contributed by atoms with van der Waals surface area (Å²) in [6.07, 6.45) is 3.45. The molecule has 11 heteroatoms. The minimum absolute atomic E-state index is 0.0495. The lowest BCUT2D eigenvalue weighted by atomic mass is 9.95. The van der Waals surface area contributed by atoms with Crippen LogP contribution in [0.1, 0.15) is 49.4 Å². The van der Waals surface area contributed by atoms with Gasteiger partial charge in [-0.1, -0.05) is 73.2 Å². The number of non-ortho nitro benzene ring substituents is 1. The number of ether oxygens (including phenoxy) is 3. The van der Waals surface area contributed by atoms with E-state index in [9.17, 15) is 19.7 Å². The van der Waals surface area contributed by atoms with E-state index < -0.39 is 22.5 Å². The van der Waals surface area contributed by atoms with Gasteiger partial charge in [-0.3, -0.25) is 19.5 Å². The molecule has 0 aliphatic carbocycles. The lowest BCUT2D eigenvalue weighted by molar-refractivity contribution is -0.384. The lowest BCUT2D eigenvalue weighted by Crippen LogP contribution is -2.39. The third-order valence-corrected chi connectivity index (χ3v) is 8.07. The van der Waals surface area contributed by atoms with Crippen molar-refractivity contribution in [1.29, 1.82) is 0 Å². The highest BCUT2D eigenvalue weighted by molar-refractivity contribution is 7.07. The first-order valence-electron chi connectivity index (χ1n) is 14.1. The summed E-state index contributed by atoms with van der Waals surface area (Å²) < 4.78 is 19.1. The summed E-state index contributed by atoms with van der Waals surface area (Å²) in [5, 5.41) is 11.3. The molecular formula is C33H31N3O7S. The van der Waals surface area contributed by atoms with E-state index in [2.05, 4.69) is 11.9 Å². The highest BCUT2D eigenvalue weighted by Gasteiger charge is 2.34. The fraction of sp³-hybridized carbons (Fsp3) is 0.242. The number of hydrogen-bond acceptors (Lipinski definition) is 9. The third kappa shape index (κ3) is 6.47. The van der Waals surface area contributed by atoms with Crippen LogP contribution in [-0.4, -0.2) is 29.2 Å². The zero-order valence-electron chi connectivity index (χ0n) is 24.5. The van der Waals surface area contributed by atoms with Gasteiger partial charge in [0.15, 0.2) is 16.3 Å². The van der Waals surface area contributed by atoms with Crippen molar-refractivity contribution in [1.82, 2.24) is 4.57 Å². The summed E-state index contributed by atoms with van der Waals surface area (Å²) in [7, 11) is 1.53. The maximum absolute atomic E-state index is 14.0. The molecule has 0 bridgehead atoms. The van der Waals surface area contributed by atoms with Gasteiger partial charge in [-0.15, -0.1) is 0 Å². The van der Waals surface area contributed by atoms with Gasteiger partial charge in [0.05, 0.1) is 40.5 Å². The highest BCUT2D eigenvalue weighted by Crippen LogP contribution is 2.36. The number of thiazole rings is 1. The summed E-state index contributed by atoms with van der Waals surface area (Å²) in [4.78, 5) is 43.5. The summed E-state index contributed by atoms with van der Waals surface area (Å²) in [6, 6.07) is 19.8. The van der Waals surface area contributed by atoms with E-state index in [-0.39, 0.29) is 17.9 Å². The molecule has 10 nitrogen and oxygen atoms in total. The topological polar surface area (TPSA) is 122 Å². The Bertz CT molecular complexity index is 1910. The maximum Gasteiger partial charge on any atom is 0.338 e. The molecule has 226 valence electrons. The SMILES string of the molecule is CCCCOc1ccc(C2C(C(=O)OCc3ccccc3)=C(C)N=c3s/c(=C\c4cccc([N+](=O)[O-])c4)c(=O)n32)cc1OC. The zero-order valence-corrected chi connectivity index (χ0v) is 25.3. The van der Waals surface area contributed by atoms with E-state index in [4.69, 9.17) is 14.2 Å². The average molecular weight is 614 g/mol. The molecule has 0 saturated heterocycles. The zero-order chi connectivity index (χ0) is 31.2. The van der Waals surface area contributed by atoms with Gasteiger partial charge in [-0.25, -0.2) is 9.79 Å². The first kappa shape index (κ1) is 30.4. The Labute approximate surface area is 257 Å². The molecule has 0 N–H and O–H groups in total. The predicted octanol–water partition coefficient (Wildman–Crippen LogP) is 5.07. The number of esters is 1. The number of benzene rings is 3. The molecule has 4 aromatic rings. The van der Waals surface area contributed by atoms with Gasteiger partial charge >= 0.3 is 5.97 Å². The van der Waals surface area contributed by atoms with Crippen LogP contribution >= 0.6 is 11.3 Å². The first-order chi connectivity index (χ1) is 21.3. The van der Waals surface area contributed by atoms with Crippen molar-refractivity contribution in [3.8, 4) is 11.5 Å². The third-order valence-electron chi connectivity index (χ3n) is 7.09. The van der Waals surface area contributed by atoms with Gasteiger partial charge in [0.25, 0.3) is 11.2 Å². The quantitative estimate of drug-likeness (QED) is 0.100. The number of rotatable bonds is 11. The first-order valence-corrected chi connectivity index (χ1v) is 14.9. The van der Waals surface area contributed by atoms with Crippen LogP contribution in [0.15, 0.2) is 93.9 Å². The number of aromatic nitrogens is 1. The van der Waals surface area contributed by atoms with Crippen molar-refractivity contribution in [2.24, 2.45) is 4.99 Å². The molecule has 3 aromatic carbocycles. The van der Waals surface area contributed by atoms with Crippen molar-refractivity contribution in [3.63, 3.8) is 0 Å². The van der Waals surface area contributed by atoms with Crippen molar-refractivity contribution in [2.75, 3.05) is 13.7 Å². The summed E-state index contributed by atoms with van der Waals surface area (Å²) in [6.45, 7) is 4.36. The Kier molecular flexibility index (Phi) is 9.35. The Morgan fingerprint density at radius 3 is 2.61 bits per heavy atom. The van der Waals surface area contributed by atoms with Gasteiger partial charge in [0.2, 0.25) is 0 Å². The number of nitro benzene ring substituents is 1. The molecule has 1 aliphatic heterocycles. The van der Waals surface area contributed by atoms with Gasteiger partial charge in [-0.05, 0) is 48.2 Å². The van der Waals surface area contributed by atoms with Crippen LogP contribution in [0.4, 0.5) is 5.69 Å². The van der Waals surface area contributed by atoms with Crippen molar-refractivity contribution in [2.45, 2.75) is 39.3 Å². The average Bonchev–Trinajstić information content (AvgIpc) is 3.33. The van der Waals surface area contributed by atoms with Crippen LogP contribution in [0.25, 0.3) is 6.08 Å². The number of fused-ring (bicyclic) bond motifs is 1. The minimum atomic E-state index is -0.875. The molecule has 1 atom stereocenters. The number of unbranched alkanes of at least 4 members (excludes halogenated alkanes) is 1. The Morgan fingerprint density at radius 2 is 1.89 bits per heavy atom. The molecule has 0 radical (unpaired) electrons. The second kappa shape index (κ2) is 13.5. The number of carbonyl (C=O) groups is 1. The summed E-state index contributed by atoms with van der Waals surface area (Å²) >= 11 is 1.14. The number of methoxy groups -OCH3 is 1. The summed E-state index contributed by atoms with van der Waals surface area (Å²) in [5.74, 6) is 0.413. The molecule has 44 heavy (non-hydrogen) atoms. The van der Waals surface area contributed by atoms with Crippen LogP contribution < -0.4 is 24.4 Å². The number of nitro groups is 1. The molecule has 0 saturated carbocycles. The molecule has 0 amide bonds. The second-order valence-corrected chi connectivity index (χ2v) is 11.1. The van der Waals surface area contributed by atoms with Crippen molar-refractivity contribution >= 4 is 29.1 Å². The van der Waals surface area contributed by atoms with E-state index >= 15 is 0 Å². The van der Waals surface area contributed by atoms with Crippen LogP contribution in [-0.2, 0) is 16.1 Å². The fourth-order valence-electron chi connectivity index (χ4n) is 4.88. The Morgan fingerprint density at radius 1 is 1.09 bits per heavy atom. The normalized spacial score (nSPS) is 14.5. The predicted molar refractivity (Wildman–Crippen MR) is 166 cm³/mol. The van der Waals surface area contributed by atoms with E-state index in [1.807, 2.05) is 30.3 Å². The smallest absolute Gasteiger partial charge is 0.338 e. The van der Waals surface area contributed by atoms with Crippen LogP contribution in [0.3, 0.4) is 0 Å². The van der Waals surface area contributed by atoms with Gasteiger partial charge in [0, 0.05) is 12.1 Å². The molecule has 1 unspecified atom stereocenters. The molecule has 1 aliphatic rings. The standard InChI is InChI=1S/C33H31N3O7S/c1-4-5-16-42-26-15-14-24(19-27(26)41-3)30-29(32(38)43-20-22-10-7-6-8-11-22)21(2)34-33-35(30)31(37)28(44-33)18-23-12-9-13-25(17-23)36(39)40/h6-15,17-19,30H,4-5,16,20H2,1-3H3/b28-18-. The van der Waals surface area contributed by atoms with E-state index in [0.29, 0.717) is 44.3 Å². The van der Waals surface area contributed by atoms with Gasteiger partial charge in [0.1, 0.15) is 6.61 Å². The van der Waals surface area contributed by atoms with Crippen LogP contribution in [0.2, 0.25) is 0 Å². The molecular weight excluding hydrogens is 582 g/mol. The van der Waals surface area contributed by atoms with E-state index in [1.165, 1.54) is 23.8 Å². The van der Waals surface area contributed by atoms with Crippen molar-refractivity contribution < 1.29 is 23.9 Å².